The fourth-order valence-corrected chi connectivity index (χ4v) is 6.37. The third-order valence-corrected chi connectivity index (χ3v) is 8.79. The second-order valence-electron chi connectivity index (χ2n) is 9.94. The molecule has 0 spiro atoms. The number of nitriles is 1. The molecule has 0 unspecified atom stereocenters. The normalized spacial score (nSPS) is 14.6. The second-order valence-corrected chi connectivity index (χ2v) is 13.0. The van der Waals surface area contributed by atoms with Crippen LogP contribution in [0.25, 0.3) is 17.1 Å². The monoisotopic (exact) mass is 626 g/mol. The molecule has 2 aromatic carbocycles. The van der Waals surface area contributed by atoms with Gasteiger partial charge in [0.05, 0.1) is 57.7 Å². The number of hydrogen-bond acceptors (Lipinski definition) is 9. The summed E-state index contributed by atoms with van der Waals surface area (Å²) in [6, 6.07) is 13.1. The van der Waals surface area contributed by atoms with E-state index in [0.29, 0.717) is 30.9 Å². The maximum Gasteiger partial charge on any atom is 0.282 e. The molecule has 4 rings (SSSR count). The minimum absolute atomic E-state index is 0.109. The molecule has 0 fully saturated rings. The van der Waals surface area contributed by atoms with Crippen LogP contribution in [0.5, 0.6) is 0 Å². The number of aromatic nitrogens is 2. The van der Waals surface area contributed by atoms with Crippen LogP contribution in [0, 0.1) is 11.3 Å². The van der Waals surface area contributed by atoms with E-state index in [1.165, 1.54) is 0 Å². The van der Waals surface area contributed by atoms with Gasteiger partial charge in [0.2, 0.25) is 0 Å². The zero-order valence-corrected chi connectivity index (χ0v) is 25.7. The van der Waals surface area contributed by atoms with Crippen molar-refractivity contribution in [1.29, 1.82) is 5.26 Å². The van der Waals surface area contributed by atoms with Crippen LogP contribution in [0.1, 0.15) is 38.1 Å². The molecule has 1 aromatic heterocycles. The van der Waals surface area contributed by atoms with Crippen LogP contribution in [-0.2, 0) is 33.3 Å². The molecule has 228 valence electrons. The highest BCUT2D eigenvalue weighted by Gasteiger charge is 2.30. The molecule has 43 heavy (non-hydrogen) atoms. The molecule has 1 aliphatic heterocycles. The highest BCUT2D eigenvalue weighted by molar-refractivity contribution is 7.85. The van der Waals surface area contributed by atoms with Crippen molar-refractivity contribution in [2.45, 2.75) is 39.8 Å². The SMILES string of the molecule is C=Nc1ccc2c(c1)N(CCCS(=O)(=O)O)/C(=C/C=C/c1n(CCCS(=O)(=O)[O-])c3cc(C#N)ccc3[n+]1CC)N2CC. The lowest BCUT2D eigenvalue weighted by atomic mass is 10.2. The number of hydrogen-bond donors (Lipinski definition) is 1. The summed E-state index contributed by atoms with van der Waals surface area (Å²) in [5, 5.41) is 9.48. The number of nitrogens with zero attached hydrogens (tertiary/aromatic N) is 6. The maximum absolute atomic E-state index is 11.4. The van der Waals surface area contributed by atoms with E-state index in [9.17, 15) is 31.2 Å². The third-order valence-electron chi connectivity index (χ3n) is 7.20. The van der Waals surface area contributed by atoms with Gasteiger partial charge in [0.25, 0.3) is 15.9 Å². The summed E-state index contributed by atoms with van der Waals surface area (Å²) in [5.41, 5.74) is 4.48. The van der Waals surface area contributed by atoms with Crippen molar-refractivity contribution < 1.29 is 30.5 Å². The first-order chi connectivity index (χ1) is 20.4. The second kappa shape index (κ2) is 13.1. The van der Waals surface area contributed by atoms with Crippen LogP contribution in [0.4, 0.5) is 17.1 Å². The minimum Gasteiger partial charge on any atom is -0.748 e. The summed E-state index contributed by atoms with van der Waals surface area (Å²) >= 11 is 0. The van der Waals surface area contributed by atoms with Crippen molar-refractivity contribution in [2.75, 3.05) is 34.4 Å². The number of fused-ring (bicyclic) bond motifs is 2. The summed E-state index contributed by atoms with van der Waals surface area (Å²) < 4.78 is 70.0. The molecule has 0 amide bonds. The van der Waals surface area contributed by atoms with Gasteiger partial charge in [-0.25, -0.2) is 17.6 Å². The fraction of sp³-hybridized carbons (Fsp3) is 0.345. The topological polar surface area (TPSA) is 163 Å². The van der Waals surface area contributed by atoms with Crippen molar-refractivity contribution >= 4 is 61.1 Å². The molecule has 3 aromatic rings. The molecule has 1 N–H and O–H groups in total. The van der Waals surface area contributed by atoms with E-state index < -0.39 is 26.0 Å². The molecule has 0 saturated heterocycles. The fourth-order valence-electron chi connectivity index (χ4n) is 5.40. The average molecular weight is 627 g/mol. The van der Waals surface area contributed by atoms with Gasteiger partial charge in [-0.15, -0.1) is 0 Å². The van der Waals surface area contributed by atoms with Crippen molar-refractivity contribution in [2.24, 2.45) is 4.99 Å². The first-order valence-corrected chi connectivity index (χ1v) is 17.0. The molecule has 14 heteroatoms. The van der Waals surface area contributed by atoms with Gasteiger partial charge in [0.1, 0.15) is 5.82 Å². The largest absolute Gasteiger partial charge is 0.748 e. The Morgan fingerprint density at radius 3 is 2.42 bits per heavy atom. The first-order valence-electron chi connectivity index (χ1n) is 13.8. The minimum atomic E-state index is -4.39. The van der Waals surface area contributed by atoms with Crippen molar-refractivity contribution in [3.8, 4) is 6.07 Å². The zero-order chi connectivity index (χ0) is 31.4. The maximum atomic E-state index is 11.4. The van der Waals surface area contributed by atoms with Gasteiger partial charge in [-0.3, -0.25) is 9.55 Å². The molecule has 12 nitrogen and oxygen atoms in total. The Hall–Kier alpha value is -4.03. The quantitative estimate of drug-likeness (QED) is 0.170. The molecular weight excluding hydrogens is 592 g/mol. The number of rotatable bonds is 13. The zero-order valence-electron chi connectivity index (χ0n) is 24.0. The predicted molar refractivity (Wildman–Crippen MR) is 166 cm³/mol. The van der Waals surface area contributed by atoms with E-state index in [-0.39, 0.29) is 25.1 Å². The number of allylic oxidation sites excluding steroid dienone is 2. The van der Waals surface area contributed by atoms with Crippen molar-refractivity contribution in [1.82, 2.24) is 4.57 Å². The van der Waals surface area contributed by atoms with Gasteiger partial charge in [-0.05, 0) is 69.8 Å². The van der Waals surface area contributed by atoms with Crippen LogP contribution in [0.2, 0.25) is 0 Å². The predicted octanol–water partition coefficient (Wildman–Crippen LogP) is 3.57. The smallest absolute Gasteiger partial charge is 0.282 e. The Morgan fingerprint density at radius 1 is 1.05 bits per heavy atom. The summed E-state index contributed by atoms with van der Waals surface area (Å²) in [6.07, 6.45) is 5.95. The molecule has 0 atom stereocenters. The number of aliphatic imine (C=N–C) groups is 1. The highest BCUT2D eigenvalue weighted by atomic mass is 32.2. The van der Waals surface area contributed by atoms with Gasteiger partial charge in [0.15, 0.2) is 11.0 Å². The van der Waals surface area contributed by atoms with Gasteiger partial charge in [-0.2, -0.15) is 13.7 Å². The van der Waals surface area contributed by atoms with E-state index in [1.807, 2.05) is 70.4 Å². The lowest BCUT2D eigenvalue weighted by Gasteiger charge is -2.24. The Labute approximate surface area is 252 Å². The summed E-state index contributed by atoms with van der Waals surface area (Å²) in [5.74, 6) is 0.657. The summed E-state index contributed by atoms with van der Waals surface area (Å²) in [4.78, 5) is 8.10. The average Bonchev–Trinajstić information content (AvgIpc) is 3.41. The van der Waals surface area contributed by atoms with Gasteiger partial charge < -0.3 is 14.4 Å². The van der Waals surface area contributed by atoms with Gasteiger partial charge in [-0.1, -0.05) is 6.08 Å². The van der Waals surface area contributed by atoms with E-state index in [1.54, 1.807) is 12.1 Å². The van der Waals surface area contributed by atoms with Gasteiger partial charge in [0, 0.05) is 31.0 Å². The van der Waals surface area contributed by atoms with E-state index in [4.69, 9.17) is 0 Å². The van der Waals surface area contributed by atoms with Crippen molar-refractivity contribution in [3.63, 3.8) is 0 Å². The lowest BCUT2D eigenvalue weighted by molar-refractivity contribution is -0.670. The number of anilines is 2. The molecule has 2 heterocycles. The Balaban J connectivity index is 1.79. The van der Waals surface area contributed by atoms with Gasteiger partial charge >= 0.3 is 0 Å². The van der Waals surface area contributed by atoms with Crippen LogP contribution in [-0.4, -0.2) is 61.8 Å². The molecule has 0 aliphatic carbocycles. The van der Waals surface area contributed by atoms with E-state index in [2.05, 4.69) is 22.7 Å². The van der Waals surface area contributed by atoms with Crippen molar-refractivity contribution in [3.05, 3.63) is 65.8 Å². The summed E-state index contributed by atoms with van der Waals surface area (Å²) in [7, 11) is -8.52. The van der Waals surface area contributed by atoms with Crippen LogP contribution in [0.3, 0.4) is 0 Å². The third kappa shape index (κ3) is 7.31. The molecule has 0 radical (unpaired) electrons. The Morgan fingerprint density at radius 2 is 1.79 bits per heavy atom. The van der Waals surface area contributed by atoms with E-state index >= 15 is 0 Å². The Bertz CT molecular complexity index is 1860. The molecular formula is C29H34N6O6S2. The lowest BCUT2D eigenvalue weighted by Crippen LogP contribution is -2.35. The number of imidazole rings is 1. The molecule has 1 aliphatic rings. The molecule has 0 bridgehead atoms. The first kappa shape index (κ1) is 31.9. The summed E-state index contributed by atoms with van der Waals surface area (Å²) in [6.45, 7) is 9.38. The Kier molecular flexibility index (Phi) is 9.71. The van der Waals surface area contributed by atoms with Crippen LogP contribution < -0.4 is 14.4 Å². The highest BCUT2D eigenvalue weighted by Crippen LogP contribution is 2.43. The standard InChI is InChI=1S/C29H34N6O6S2/c1-4-32-24-13-11-22(21-30)19-26(24)34(15-7-17-42(36,37)38)28(32)9-6-10-29-33(5-2)25-14-12-23(31-3)20-27(25)35(29)16-8-18-43(39,40)41/h6,9-14,19-20H,3-5,7-8,15-18H2,1-2H3,(H-,36,37,38,39,40,41). The van der Waals surface area contributed by atoms with Crippen LogP contribution >= 0.6 is 0 Å². The molecule has 0 saturated carbocycles. The number of aryl methyl sites for hydroxylation is 2. The van der Waals surface area contributed by atoms with E-state index in [0.717, 1.165) is 34.1 Å². The number of benzene rings is 2. The van der Waals surface area contributed by atoms with Crippen LogP contribution in [0.15, 0.2) is 59.4 Å².